The fourth-order valence-corrected chi connectivity index (χ4v) is 3.31. The van der Waals surface area contributed by atoms with E-state index in [1.54, 1.807) is 0 Å². The highest BCUT2D eigenvalue weighted by molar-refractivity contribution is 5.85. The lowest BCUT2D eigenvalue weighted by Crippen LogP contribution is -2.42. The van der Waals surface area contributed by atoms with Crippen LogP contribution in [-0.4, -0.2) is 12.5 Å². The zero-order chi connectivity index (χ0) is 15.0. The van der Waals surface area contributed by atoms with Gasteiger partial charge in [0.2, 0.25) is 5.91 Å². The van der Waals surface area contributed by atoms with Gasteiger partial charge in [-0.1, -0.05) is 46.5 Å². The van der Waals surface area contributed by atoms with Crippen LogP contribution >= 0.6 is 0 Å². The van der Waals surface area contributed by atoms with Crippen molar-refractivity contribution in [3.63, 3.8) is 0 Å². The van der Waals surface area contributed by atoms with E-state index >= 15 is 0 Å². The first kappa shape index (κ1) is 17.0. The molecule has 1 amide bonds. The zero-order valence-electron chi connectivity index (χ0n) is 13.4. The van der Waals surface area contributed by atoms with Gasteiger partial charge in [0.25, 0.3) is 0 Å². The molecule has 1 N–H and O–H groups in total. The summed E-state index contributed by atoms with van der Waals surface area (Å²) in [6.45, 7) is 7.13. The van der Waals surface area contributed by atoms with E-state index in [0.29, 0.717) is 18.8 Å². The lowest BCUT2D eigenvalue weighted by atomic mass is 9.79. The fraction of sp³-hybridized carbons (Fsp3) is 0.882. The van der Waals surface area contributed by atoms with Crippen molar-refractivity contribution in [1.82, 2.24) is 5.32 Å². The molecule has 0 aromatic heterocycles. The van der Waals surface area contributed by atoms with Gasteiger partial charge in [0, 0.05) is 6.54 Å². The molecule has 0 atom stereocenters. The van der Waals surface area contributed by atoms with Gasteiger partial charge in [-0.15, -0.1) is 0 Å². The molecule has 3 heteroatoms. The summed E-state index contributed by atoms with van der Waals surface area (Å²) in [7, 11) is 0. The number of nitriles is 1. The van der Waals surface area contributed by atoms with Crippen LogP contribution in [0.5, 0.6) is 0 Å². The van der Waals surface area contributed by atoms with Crippen molar-refractivity contribution in [3.05, 3.63) is 0 Å². The molecule has 0 bridgehead atoms. The van der Waals surface area contributed by atoms with E-state index in [9.17, 15) is 10.1 Å². The summed E-state index contributed by atoms with van der Waals surface area (Å²) < 4.78 is 0. The molecule has 1 rings (SSSR count). The second-order valence-corrected chi connectivity index (χ2v) is 6.53. The maximum Gasteiger partial charge on any atom is 0.240 e. The average molecular weight is 278 g/mol. The van der Waals surface area contributed by atoms with Gasteiger partial charge >= 0.3 is 0 Å². The Kier molecular flexibility index (Phi) is 7.05. The second kappa shape index (κ2) is 8.29. The normalized spacial score (nSPS) is 23.1. The minimum absolute atomic E-state index is 0.0395. The predicted octanol–water partition coefficient (Wildman–Crippen LogP) is 4.04. The Morgan fingerprint density at radius 3 is 2.20 bits per heavy atom. The van der Waals surface area contributed by atoms with Crippen LogP contribution < -0.4 is 5.32 Å². The molecular formula is C17H30N2O. The lowest BCUT2D eigenvalue weighted by molar-refractivity contribution is -0.129. The number of amides is 1. The maximum absolute atomic E-state index is 12.4. The second-order valence-electron chi connectivity index (χ2n) is 6.53. The summed E-state index contributed by atoms with van der Waals surface area (Å²) in [5.41, 5.74) is -0.800. The Balaban J connectivity index is 2.52. The van der Waals surface area contributed by atoms with Crippen LogP contribution in [0.1, 0.15) is 72.1 Å². The van der Waals surface area contributed by atoms with Crippen molar-refractivity contribution < 1.29 is 4.79 Å². The largest absolute Gasteiger partial charge is 0.354 e. The van der Waals surface area contributed by atoms with E-state index in [0.717, 1.165) is 25.3 Å². The smallest absolute Gasteiger partial charge is 0.240 e. The van der Waals surface area contributed by atoms with Gasteiger partial charge in [-0.25, -0.2) is 0 Å². The van der Waals surface area contributed by atoms with Crippen molar-refractivity contribution >= 4 is 5.91 Å². The van der Waals surface area contributed by atoms with Crippen LogP contribution in [0, 0.1) is 28.6 Å². The van der Waals surface area contributed by atoms with Gasteiger partial charge < -0.3 is 5.32 Å². The van der Waals surface area contributed by atoms with Crippen molar-refractivity contribution in [1.29, 1.82) is 5.26 Å². The number of carbonyl (C=O) groups excluding carboxylic acids is 1. The summed E-state index contributed by atoms with van der Waals surface area (Å²) in [5, 5.41) is 12.5. The number of carbonyl (C=O) groups is 1. The Labute approximate surface area is 124 Å². The molecule has 1 saturated carbocycles. The van der Waals surface area contributed by atoms with Crippen LogP contribution in [-0.2, 0) is 4.79 Å². The molecule has 0 aromatic rings. The van der Waals surface area contributed by atoms with Gasteiger partial charge in [-0.3, -0.25) is 4.79 Å². The van der Waals surface area contributed by atoms with Crippen LogP contribution in [0.4, 0.5) is 0 Å². The highest BCUT2D eigenvalue weighted by Crippen LogP contribution is 2.31. The molecule has 0 aliphatic heterocycles. The Bertz CT molecular complexity index is 331. The van der Waals surface area contributed by atoms with Gasteiger partial charge in [0.05, 0.1) is 6.07 Å². The molecule has 0 aromatic carbocycles. The fourth-order valence-electron chi connectivity index (χ4n) is 3.31. The molecule has 20 heavy (non-hydrogen) atoms. The van der Waals surface area contributed by atoms with E-state index in [1.165, 1.54) is 25.7 Å². The quantitative estimate of drug-likeness (QED) is 0.764. The van der Waals surface area contributed by atoms with E-state index in [2.05, 4.69) is 18.3 Å². The SMILES string of the molecule is CCCC(C#N)(CCC)C(=O)NCC1CCC(C)CC1. The summed E-state index contributed by atoms with van der Waals surface area (Å²) >= 11 is 0. The summed E-state index contributed by atoms with van der Waals surface area (Å²) in [4.78, 5) is 12.4. The predicted molar refractivity (Wildman–Crippen MR) is 82.0 cm³/mol. The third-order valence-electron chi connectivity index (χ3n) is 4.69. The van der Waals surface area contributed by atoms with E-state index in [4.69, 9.17) is 0 Å². The summed E-state index contributed by atoms with van der Waals surface area (Å²) in [6.07, 6.45) is 8.06. The van der Waals surface area contributed by atoms with Crippen molar-refractivity contribution in [2.24, 2.45) is 17.3 Å². The third-order valence-corrected chi connectivity index (χ3v) is 4.69. The number of hydrogen-bond donors (Lipinski definition) is 1. The molecule has 114 valence electrons. The molecule has 1 aliphatic rings. The molecule has 0 radical (unpaired) electrons. The monoisotopic (exact) mass is 278 g/mol. The number of nitrogens with zero attached hydrogens (tertiary/aromatic N) is 1. The van der Waals surface area contributed by atoms with Crippen molar-refractivity contribution in [2.75, 3.05) is 6.54 Å². The molecule has 0 saturated heterocycles. The molecule has 0 heterocycles. The first-order valence-electron chi connectivity index (χ1n) is 8.27. The first-order valence-corrected chi connectivity index (χ1v) is 8.27. The topological polar surface area (TPSA) is 52.9 Å². The highest BCUT2D eigenvalue weighted by Gasteiger charge is 2.37. The Hall–Kier alpha value is -1.04. The summed E-state index contributed by atoms with van der Waals surface area (Å²) in [6, 6.07) is 2.30. The summed E-state index contributed by atoms with van der Waals surface area (Å²) in [5.74, 6) is 1.40. The number of rotatable bonds is 7. The Morgan fingerprint density at radius 1 is 1.20 bits per heavy atom. The maximum atomic E-state index is 12.4. The average Bonchev–Trinajstić information content (AvgIpc) is 2.46. The molecule has 0 spiro atoms. The molecule has 0 unspecified atom stereocenters. The van der Waals surface area contributed by atoms with Crippen LogP contribution in [0.2, 0.25) is 0 Å². The van der Waals surface area contributed by atoms with Crippen molar-refractivity contribution in [2.45, 2.75) is 72.1 Å². The van der Waals surface area contributed by atoms with Crippen LogP contribution in [0.15, 0.2) is 0 Å². The molecule has 3 nitrogen and oxygen atoms in total. The molecule has 1 aliphatic carbocycles. The van der Waals surface area contributed by atoms with E-state index in [1.807, 2.05) is 13.8 Å². The minimum atomic E-state index is -0.800. The standard InChI is InChI=1S/C17H30N2O/c1-4-10-17(13-18,11-5-2)16(20)19-12-15-8-6-14(3)7-9-15/h14-15H,4-12H2,1-3H3,(H,19,20). The third kappa shape index (κ3) is 4.51. The first-order chi connectivity index (χ1) is 9.57. The van der Waals surface area contributed by atoms with E-state index in [-0.39, 0.29) is 5.91 Å². The molecular weight excluding hydrogens is 248 g/mol. The van der Waals surface area contributed by atoms with E-state index < -0.39 is 5.41 Å². The lowest BCUT2D eigenvalue weighted by Gasteiger charge is -2.29. The zero-order valence-corrected chi connectivity index (χ0v) is 13.4. The van der Waals surface area contributed by atoms with Gasteiger partial charge in [-0.2, -0.15) is 5.26 Å². The van der Waals surface area contributed by atoms with Crippen LogP contribution in [0.3, 0.4) is 0 Å². The molecule has 1 fully saturated rings. The number of nitrogens with one attached hydrogen (secondary N) is 1. The van der Waals surface area contributed by atoms with Gasteiger partial charge in [-0.05, 0) is 37.5 Å². The van der Waals surface area contributed by atoms with Crippen molar-refractivity contribution in [3.8, 4) is 6.07 Å². The Morgan fingerprint density at radius 2 is 1.75 bits per heavy atom. The van der Waals surface area contributed by atoms with Gasteiger partial charge in [0.1, 0.15) is 5.41 Å². The highest BCUT2D eigenvalue weighted by atomic mass is 16.2. The van der Waals surface area contributed by atoms with Crippen LogP contribution in [0.25, 0.3) is 0 Å². The number of hydrogen-bond acceptors (Lipinski definition) is 2. The van der Waals surface area contributed by atoms with Gasteiger partial charge in [0.15, 0.2) is 0 Å². The minimum Gasteiger partial charge on any atom is -0.354 e.